The lowest BCUT2D eigenvalue weighted by atomic mass is 10.1. The molecule has 9 heteroatoms. The average molecular weight is 479 g/mol. The van der Waals surface area contributed by atoms with Crippen LogP contribution in [0.25, 0.3) is 20.9 Å². The minimum atomic E-state index is -0.306. The highest BCUT2D eigenvalue weighted by Crippen LogP contribution is 2.39. The number of ether oxygens (including phenoxy) is 3. The monoisotopic (exact) mass is 478 g/mol. The van der Waals surface area contributed by atoms with Crippen molar-refractivity contribution in [3.8, 4) is 27.8 Å². The molecule has 34 heavy (non-hydrogen) atoms. The average Bonchev–Trinajstić information content (AvgIpc) is 3.26. The summed E-state index contributed by atoms with van der Waals surface area (Å²) in [6, 6.07) is 12.9. The molecule has 2 heterocycles. The van der Waals surface area contributed by atoms with E-state index in [9.17, 15) is 4.79 Å². The van der Waals surface area contributed by atoms with Gasteiger partial charge in [-0.2, -0.15) is 0 Å². The Morgan fingerprint density at radius 1 is 1.03 bits per heavy atom. The van der Waals surface area contributed by atoms with E-state index in [0.717, 1.165) is 33.0 Å². The molecule has 1 N–H and O–H groups in total. The van der Waals surface area contributed by atoms with Gasteiger partial charge in [0.05, 0.1) is 27.0 Å². The number of nitrogens with one attached hydrogen (secondary N) is 1. The van der Waals surface area contributed by atoms with Gasteiger partial charge in [-0.15, -0.1) is 0 Å². The number of fused-ring (bicyclic) bond motifs is 1. The second-order valence-electron chi connectivity index (χ2n) is 7.84. The van der Waals surface area contributed by atoms with Gasteiger partial charge in [-0.1, -0.05) is 23.5 Å². The van der Waals surface area contributed by atoms with Gasteiger partial charge in [-0.25, -0.2) is 9.97 Å². The van der Waals surface area contributed by atoms with E-state index in [-0.39, 0.29) is 5.91 Å². The van der Waals surface area contributed by atoms with Crippen LogP contribution in [0, 0.1) is 0 Å². The van der Waals surface area contributed by atoms with Gasteiger partial charge in [0.25, 0.3) is 5.91 Å². The smallest absolute Gasteiger partial charge is 0.255 e. The molecular weight excluding hydrogens is 452 g/mol. The van der Waals surface area contributed by atoms with E-state index in [0.29, 0.717) is 28.5 Å². The topological polar surface area (TPSA) is 85.8 Å². The Hall–Kier alpha value is -3.69. The number of aromatic nitrogens is 2. The zero-order valence-electron chi connectivity index (χ0n) is 19.7. The molecule has 2 aromatic carbocycles. The van der Waals surface area contributed by atoms with Gasteiger partial charge in [0.2, 0.25) is 5.75 Å². The second kappa shape index (κ2) is 10.1. The molecular formula is C25H26N4O4S. The highest BCUT2D eigenvalue weighted by atomic mass is 32.1. The van der Waals surface area contributed by atoms with E-state index >= 15 is 0 Å². The number of anilines is 1. The number of carbonyl (C=O) groups is 1. The minimum absolute atomic E-state index is 0.306. The van der Waals surface area contributed by atoms with Crippen LogP contribution in [0.2, 0.25) is 0 Å². The first-order chi connectivity index (χ1) is 16.4. The molecule has 0 spiro atoms. The SMILES string of the molecule is COc1cc(C(=O)Nc2ccccc2-c2nc3cc(CN(C)C)cnc3s2)cc(OC)c1OC. The lowest BCUT2D eigenvalue weighted by Gasteiger charge is -2.14. The molecule has 0 saturated carbocycles. The van der Waals surface area contributed by atoms with Crippen LogP contribution in [0.3, 0.4) is 0 Å². The van der Waals surface area contributed by atoms with Crippen LogP contribution in [-0.4, -0.2) is 56.2 Å². The molecule has 0 aliphatic rings. The fraction of sp³-hybridized carbons (Fsp3) is 0.240. The van der Waals surface area contributed by atoms with Gasteiger partial charge in [0, 0.05) is 23.9 Å². The summed E-state index contributed by atoms with van der Waals surface area (Å²) in [4.78, 5) is 25.5. The van der Waals surface area contributed by atoms with Crippen molar-refractivity contribution in [2.75, 3.05) is 40.7 Å². The van der Waals surface area contributed by atoms with Crippen LogP contribution >= 0.6 is 11.3 Å². The molecule has 0 aliphatic heterocycles. The molecule has 1 amide bonds. The zero-order valence-corrected chi connectivity index (χ0v) is 20.5. The molecule has 8 nitrogen and oxygen atoms in total. The Labute approximate surface area is 202 Å². The summed E-state index contributed by atoms with van der Waals surface area (Å²) < 4.78 is 16.1. The molecule has 0 aliphatic carbocycles. The molecule has 0 fully saturated rings. The Bertz CT molecular complexity index is 1310. The van der Waals surface area contributed by atoms with Crippen LogP contribution in [-0.2, 0) is 6.54 Å². The highest BCUT2D eigenvalue weighted by molar-refractivity contribution is 7.21. The fourth-order valence-electron chi connectivity index (χ4n) is 3.62. The van der Waals surface area contributed by atoms with Gasteiger partial charge in [0.1, 0.15) is 15.4 Å². The number of benzene rings is 2. The van der Waals surface area contributed by atoms with E-state index < -0.39 is 0 Å². The molecule has 176 valence electrons. The standard InChI is InChI=1S/C25H26N4O4S/c1-29(2)14-15-10-19-25(26-13-15)34-24(28-19)17-8-6-7-9-18(17)27-23(30)16-11-20(31-3)22(33-5)21(12-16)32-4/h6-13H,14H2,1-5H3,(H,27,30). The second-order valence-corrected chi connectivity index (χ2v) is 8.82. The number of pyridine rings is 1. The first-order valence-electron chi connectivity index (χ1n) is 10.5. The number of hydrogen-bond donors (Lipinski definition) is 1. The van der Waals surface area contributed by atoms with Crippen molar-refractivity contribution in [2.45, 2.75) is 6.54 Å². The summed E-state index contributed by atoms with van der Waals surface area (Å²) in [5, 5.41) is 3.78. The van der Waals surface area contributed by atoms with Crippen molar-refractivity contribution in [1.29, 1.82) is 0 Å². The van der Waals surface area contributed by atoms with E-state index in [1.807, 2.05) is 44.6 Å². The van der Waals surface area contributed by atoms with Crippen molar-refractivity contribution in [2.24, 2.45) is 0 Å². The molecule has 4 rings (SSSR count). The lowest BCUT2D eigenvalue weighted by molar-refractivity contribution is 0.102. The molecule has 0 unspecified atom stereocenters. The molecule has 0 atom stereocenters. The number of carbonyl (C=O) groups excluding carboxylic acids is 1. The van der Waals surface area contributed by atoms with Crippen LogP contribution < -0.4 is 19.5 Å². The Morgan fingerprint density at radius 3 is 2.38 bits per heavy atom. The van der Waals surface area contributed by atoms with E-state index in [1.165, 1.54) is 32.7 Å². The van der Waals surface area contributed by atoms with E-state index in [1.54, 1.807) is 12.1 Å². The Morgan fingerprint density at radius 2 is 1.74 bits per heavy atom. The third kappa shape index (κ3) is 4.80. The lowest BCUT2D eigenvalue weighted by Crippen LogP contribution is -2.13. The minimum Gasteiger partial charge on any atom is -0.493 e. The van der Waals surface area contributed by atoms with Crippen molar-refractivity contribution in [1.82, 2.24) is 14.9 Å². The maximum absolute atomic E-state index is 13.2. The van der Waals surface area contributed by atoms with Gasteiger partial charge < -0.3 is 24.4 Å². The number of amides is 1. The molecule has 0 bridgehead atoms. The number of nitrogens with zero attached hydrogens (tertiary/aromatic N) is 3. The quantitative estimate of drug-likeness (QED) is 0.393. The van der Waals surface area contributed by atoms with Gasteiger partial charge in [-0.05, 0) is 50.0 Å². The van der Waals surface area contributed by atoms with Crippen molar-refractivity contribution < 1.29 is 19.0 Å². The molecule has 4 aromatic rings. The third-order valence-electron chi connectivity index (χ3n) is 5.14. The molecule has 0 radical (unpaired) electrons. The first kappa shape index (κ1) is 23.5. The van der Waals surface area contributed by atoms with Crippen molar-refractivity contribution in [3.63, 3.8) is 0 Å². The number of thiazole rings is 1. The van der Waals surface area contributed by atoms with Gasteiger partial charge in [0.15, 0.2) is 11.5 Å². The van der Waals surface area contributed by atoms with Crippen LogP contribution in [0.4, 0.5) is 5.69 Å². The first-order valence-corrected chi connectivity index (χ1v) is 11.4. The van der Waals surface area contributed by atoms with E-state index in [2.05, 4.69) is 21.3 Å². The maximum Gasteiger partial charge on any atom is 0.255 e. The summed E-state index contributed by atoms with van der Waals surface area (Å²) in [5.41, 5.74) is 3.78. The summed E-state index contributed by atoms with van der Waals surface area (Å²) >= 11 is 1.49. The van der Waals surface area contributed by atoms with Crippen LogP contribution in [0.5, 0.6) is 17.2 Å². The highest BCUT2D eigenvalue weighted by Gasteiger charge is 2.19. The molecule has 2 aromatic heterocycles. The Kier molecular flexibility index (Phi) is 6.95. The van der Waals surface area contributed by atoms with Crippen molar-refractivity contribution >= 4 is 33.3 Å². The number of rotatable bonds is 8. The van der Waals surface area contributed by atoms with Crippen LogP contribution in [0.15, 0.2) is 48.7 Å². The van der Waals surface area contributed by atoms with Crippen molar-refractivity contribution in [3.05, 3.63) is 59.8 Å². The number of methoxy groups -OCH3 is 3. The summed E-state index contributed by atoms with van der Waals surface area (Å²) in [6.07, 6.45) is 1.88. The predicted octanol–water partition coefficient (Wildman–Crippen LogP) is 4.70. The predicted molar refractivity (Wildman–Crippen MR) is 134 cm³/mol. The fourth-order valence-corrected chi connectivity index (χ4v) is 4.55. The van der Waals surface area contributed by atoms with Crippen LogP contribution in [0.1, 0.15) is 15.9 Å². The maximum atomic E-state index is 13.2. The summed E-state index contributed by atoms with van der Waals surface area (Å²) in [6.45, 7) is 0.789. The summed E-state index contributed by atoms with van der Waals surface area (Å²) in [7, 11) is 8.58. The van der Waals surface area contributed by atoms with Gasteiger partial charge >= 0.3 is 0 Å². The zero-order chi connectivity index (χ0) is 24.2. The third-order valence-corrected chi connectivity index (χ3v) is 6.15. The largest absolute Gasteiger partial charge is 0.493 e. The number of hydrogen-bond acceptors (Lipinski definition) is 8. The van der Waals surface area contributed by atoms with Gasteiger partial charge in [-0.3, -0.25) is 4.79 Å². The molecule has 0 saturated heterocycles. The normalized spacial score (nSPS) is 11.0. The van der Waals surface area contributed by atoms with E-state index in [4.69, 9.17) is 19.2 Å². The summed E-state index contributed by atoms with van der Waals surface area (Å²) in [5.74, 6) is 0.939. The Balaban J connectivity index is 1.67. The number of para-hydroxylation sites is 1.